The van der Waals surface area contributed by atoms with Crippen molar-refractivity contribution in [1.29, 1.82) is 0 Å². The van der Waals surface area contributed by atoms with E-state index in [0.29, 0.717) is 4.99 Å². The second kappa shape index (κ2) is 4.70. The minimum atomic E-state index is -0.450. The molecule has 0 spiro atoms. The number of carbonyl (C=O) groups is 1. The molecule has 16 heavy (non-hydrogen) atoms. The van der Waals surface area contributed by atoms with Gasteiger partial charge in [-0.25, -0.2) is 0 Å². The van der Waals surface area contributed by atoms with Crippen LogP contribution in [0, 0.1) is 5.41 Å². The number of nitrogens with two attached hydrogens (primary N) is 1. The molecule has 1 heterocycles. The molecule has 1 saturated heterocycles. The summed E-state index contributed by atoms with van der Waals surface area (Å²) in [7, 11) is 0. The molecule has 2 rings (SSSR count). The van der Waals surface area contributed by atoms with E-state index in [1.165, 1.54) is 19.3 Å². The second-order valence-corrected chi connectivity index (χ2v) is 5.45. The van der Waals surface area contributed by atoms with Crippen LogP contribution >= 0.6 is 12.2 Å². The van der Waals surface area contributed by atoms with E-state index in [1.54, 1.807) is 0 Å². The van der Waals surface area contributed by atoms with Gasteiger partial charge < -0.3 is 10.6 Å². The zero-order valence-electron chi connectivity index (χ0n) is 9.71. The van der Waals surface area contributed by atoms with E-state index >= 15 is 0 Å². The zero-order valence-corrected chi connectivity index (χ0v) is 10.5. The molecule has 1 amide bonds. The highest BCUT2D eigenvalue weighted by Gasteiger charge is 2.54. The van der Waals surface area contributed by atoms with E-state index < -0.39 is 5.41 Å². The number of likely N-dealkylation sites (tertiary alicyclic amines) is 1. The lowest BCUT2D eigenvalue weighted by Gasteiger charge is -2.28. The van der Waals surface area contributed by atoms with Crippen molar-refractivity contribution in [1.82, 2.24) is 4.90 Å². The average molecular weight is 240 g/mol. The molecule has 1 aliphatic carbocycles. The van der Waals surface area contributed by atoms with Gasteiger partial charge in [-0.1, -0.05) is 31.5 Å². The van der Waals surface area contributed by atoms with Crippen molar-refractivity contribution < 1.29 is 4.79 Å². The molecular weight excluding hydrogens is 220 g/mol. The Balaban J connectivity index is 2.00. The summed E-state index contributed by atoms with van der Waals surface area (Å²) in [5, 5.41) is 0. The fraction of sp³-hybridized carbons (Fsp3) is 0.833. The Morgan fingerprint density at radius 1 is 1.06 bits per heavy atom. The summed E-state index contributed by atoms with van der Waals surface area (Å²) >= 11 is 5.03. The Kier molecular flexibility index (Phi) is 3.47. The molecule has 0 bridgehead atoms. The highest BCUT2D eigenvalue weighted by molar-refractivity contribution is 7.80. The summed E-state index contributed by atoms with van der Waals surface area (Å²) in [6, 6.07) is 0. The van der Waals surface area contributed by atoms with E-state index in [2.05, 4.69) is 0 Å². The Hall–Kier alpha value is -0.640. The third-order valence-corrected chi connectivity index (χ3v) is 4.17. The fourth-order valence-electron chi connectivity index (χ4n) is 2.44. The SMILES string of the molecule is NC(=S)C1(C(=O)N2CCCCCCC2)CC1. The monoisotopic (exact) mass is 240 g/mol. The lowest BCUT2D eigenvalue weighted by Crippen LogP contribution is -2.44. The molecule has 90 valence electrons. The summed E-state index contributed by atoms with van der Waals surface area (Å²) in [5.74, 6) is 0.196. The van der Waals surface area contributed by atoms with Gasteiger partial charge in [-0.2, -0.15) is 0 Å². The van der Waals surface area contributed by atoms with E-state index in [0.717, 1.165) is 38.8 Å². The molecule has 0 aromatic rings. The quantitative estimate of drug-likeness (QED) is 0.749. The summed E-state index contributed by atoms with van der Waals surface area (Å²) in [5.41, 5.74) is 5.24. The highest BCUT2D eigenvalue weighted by atomic mass is 32.1. The van der Waals surface area contributed by atoms with E-state index in [4.69, 9.17) is 18.0 Å². The first-order chi connectivity index (χ1) is 7.67. The van der Waals surface area contributed by atoms with Crippen LogP contribution in [0.25, 0.3) is 0 Å². The van der Waals surface area contributed by atoms with Gasteiger partial charge in [0.1, 0.15) is 0 Å². The van der Waals surface area contributed by atoms with Crippen LogP contribution in [0.1, 0.15) is 44.9 Å². The van der Waals surface area contributed by atoms with Crippen LogP contribution in [0.4, 0.5) is 0 Å². The third kappa shape index (κ3) is 2.21. The van der Waals surface area contributed by atoms with Crippen LogP contribution in [0.3, 0.4) is 0 Å². The summed E-state index contributed by atoms with van der Waals surface area (Å²) in [6.45, 7) is 1.78. The maximum Gasteiger partial charge on any atom is 0.235 e. The topological polar surface area (TPSA) is 46.3 Å². The van der Waals surface area contributed by atoms with Gasteiger partial charge in [0.15, 0.2) is 0 Å². The normalized spacial score (nSPS) is 24.4. The summed E-state index contributed by atoms with van der Waals surface area (Å²) in [6.07, 6.45) is 7.75. The second-order valence-electron chi connectivity index (χ2n) is 5.01. The van der Waals surface area contributed by atoms with E-state index in [9.17, 15) is 4.79 Å². The molecule has 0 aromatic carbocycles. The number of nitrogens with zero attached hydrogens (tertiary/aromatic N) is 1. The van der Waals surface area contributed by atoms with Gasteiger partial charge in [-0.05, 0) is 25.7 Å². The molecule has 0 atom stereocenters. The van der Waals surface area contributed by atoms with Crippen LogP contribution < -0.4 is 5.73 Å². The average Bonchev–Trinajstić information content (AvgIpc) is 2.96. The Morgan fingerprint density at radius 3 is 2.00 bits per heavy atom. The molecule has 3 nitrogen and oxygen atoms in total. The van der Waals surface area contributed by atoms with Crippen molar-refractivity contribution in [3.63, 3.8) is 0 Å². The van der Waals surface area contributed by atoms with Gasteiger partial charge in [-0.15, -0.1) is 0 Å². The van der Waals surface area contributed by atoms with Crippen LogP contribution in [-0.2, 0) is 4.79 Å². The standard InChI is InChI=1S/C12H20N2OS/c13-10(16)12(6-7-12)11(15)14-8-4-2-1-3-5-9-14/h1-9H2,(H2,13,16). The van der Waals surface area contributed by atoms with Gasteiger partial charge in [0.25, 0.3) is 0 Å². The van der Waals surface area contributed by atoms with Crippen molar-refractivity contribution in [3.8, 4) is 0 Å². The molecule has 1 saturated carbocycles. The summed E-state index contributed by atoms with van der Waals surface area (Å²) < 4.78 is 0. The molecule has 4 heteroatoms. The van der Waals surface area contributed by atoms with E-state index in [1.807, 2.05) is 4.90 Å². The molecule has 0 radical (unpaired) electrons. The van der Waals surface area contributed by atoms with Crippen molar-refractivity contribution in [3.05, 3.63) is 0 Å². The molecular formula is C12H20N2OS. The van der Waals surface area contributed by atoms with Crippen molar-refractivity contribution in [2.45, 2.75) is 44.9 Å². The number of carbonyl (C=O) groups excluding carboxylic acids is 1. The van der Waals surface area contributed by atoms with Crippen molar-refractivity contribution >= 4 is 23.1 Å². The number of amides is 1. The number of rotatable bonds is 2. The third-order valence-electron chi connectivity index (χ3n) is 3.77. The summed E-state index contributed by atoms with van der Waals surface area (Å²) in [4.78, 5) is 14.7. The molecule has 1 aliphatic heterocycles. The van der Waals surface area contributed by atoms with Gasteiger partial charge in [0.05, 0.1) is 10.4 Å². The number of hydrogen-bond donors (Lipinski definition) is 1. The predicted molar refractivity (Wildman–Crippen MR) is 68.1 cm³/mol. The smallest absolute Gasteiger partial charge is 0.235 e. The van der Waals surface area contributed by atoms with Gasteiger partial charge in [0, 0.05) is 13.1 Å². The Labute approximate surface area is 102 Å². The van der Waals surface area contributed by atoms with Crippen LogP contribution in [0.15, 0.2) is 0 Å². The van der Waals surface area contributed by atoms with E-state index in [-0.39, 0.29) is 5.91 Å². The minimum Gasteiger partial charge on any atom is -0.392 e. The molecule has 0 unspecified atom stereocenters. The lowest BCUT2D eigenvalue weighted by atomic mass is 10.0. The van der Waals surface area contributed by atoms with Crippen LogP contribution in [0.2, 0.25) is 0 Å². The first kappa shape index (κ1) is 11.8. The van der Waals surface area contributed by atoms with Gasteiger partial charge in [0.2, 0.25) is 5.91 Å². The molecule has 2 aliphatic rings. The first-order valence-corrected chi connectivity index (χ1v) is 6.67. The predicted octanol–water partition coefficient (Wildman–Crippen LogP) is 1.85. The van der Waals surface area contributed by atoms with Crippen molar-refractivity contribution in [2.24, 2.45) is 11.1 Å². The number of thiocarbonyl (C=S) groups is 1. The van der Waals surface area contributed by atoms with Crippen LogP contribution in [-0.4, -0.2) is 28.9 Å². The van der Waals surface area contributed by atoms with Gasteiger partial charge in [-0.3, -0.25) is 4.79 Å². The Morgan fingerprint density at radius 2 is 1.56 bits per heavy atom. The largest absolute Gasteiger partial charge is 0.392 e. The molecule has 2 N–H and O–H groups in total. The number of hydrogen-bond acceptors (Lipinski definition) is 2. The maximum absolute atomic E-state index is 12.3. The van der Waals surface area contributed by atoms with Gasteiger partial charge >= 0.3 is 0 Å². The zero-order chi connectivity index (χ0) is 11.6. The maximum atomic E-state index is 12.3. The lowest BCUT2D eigenvalue weighted by molar-refractivity contribution is -0.134. The highest BCUT2D eigenvalue weighted by Crippen LogP contribution is 2.47. The van der Waals surface area contributed by atoms with Crippen molar-refractivity contribution in [2.75, 3.05) is 13.1 Å². The molecule has 0 aromatic heterocycles. The minimum absolute atomic E-state index is 0.196. The first-order valence-electron chi connectivity index (χ1n) is 6.26. The van der Waals surface area contributed by atoms with Crippen LogP contribution in [0.5, 0.6) is 0 Å². The Bertz CT molecular complexity index is 291. The molecule has 2 fully saturated rings. The fourth-order valence-corrected chi connectivity index (χ4v) is 2.74.